The smallest absolute Gasteiger partial charge is 0.253 e. The van der Waals surface area contributed by atoms with Crippen LogP contribution < -0.4 is 5.56 Å². The zero-order valence-electron chi connectivity index (χ0n) is 20.0. The Kier molecular flexibility index (Phi) is 7.97. The molecule has 0 N–H and O–H groups in total. The zero-order valence-corrected chi connectivity index (χ0v) is 20.0. The summed E-state index contributed by atoms with van der Waals surface area (Å²) in [6.45, 7) is 8.97. The van der Waals surface area contributed by atoms with E-state index in [1.165, 1.54) is 0 Å². The van der Waals surface area contributed by atoms with Crippen LogP contribution >= 0.6 is 0 Å². The first-order valence-corrected chi connectivity index (χ1v) is 12.5. The highest BCUT2D eigenvalue weighted by molar-refractivity contribution is 5.78. The maximum absolute atomic E-state index is 13.1. The molecule has 0 radical (unpaired) electrons. The molecule has 32 heavy (non-hydrogen) atoms. The van der Waals surface area contributed by atoms with Gasteiger partial charge in [0.2, 0.25) is 5.91 Å². The number of aromatic nitrogens is 2. The summed E-state index contributed by atoms with van der Waals surface area (Å²) in [5, 5.41) is 0. The maximum atomic E-state index is 13.1. The van der Waals surface area contributed by atoms with Crippen LogP contribution in [0, 0.1) is 0 Å². The highest BCUT2D eigenvalue weighted by Gasteiger charge is 2.28. The summed E-state index contributed by atoms with van der Waals surface area (Å²) in [5.74, 6) is 1.35. The van der Waals surface area contributed by atoms with Crippen molar-refractivity contribution in [3.8, 4) is 0 Å². The van der Waals surface area contributed by atoms with E-state index in [0.29, 0.717) is 13.1 Å². The van der Waals surface area contributed by atoms with Gasteiger partial charge in [-0.15, -0.1) is 0 Å². The Bertz CT molecular complexity index is 830. The van der Waals surface area contributed by atoms with Gasteiger partial charge < -0.3 is 9.80 Å². The van der Waals surface area contributed by atoms with Crippen LogP contribution in [0.1, 0.15) is 49.5 Å². The van der Waals surface area contributed by atoms with Gasteiger partial charge in [0.1, 0.15) is 5.82 Å². The minimum absolute atomic E-state index is 0.0856. The number of piperazine rings is 1. The third-order valence-corrected chi connectivity index (χ3v) is 7.27. The van der Waals surface area contributed by atoms with E-state index < -0.39 is 0 Å². The van der Waals surface area contributed by atoms with E-state index in [-0.39, 0.29) is 17.4 Å². The molecule has 8 heteroatoms. The number of carbonyl (C=O) groups excluding carboxylic acids is 1. The first-order valence-electron chi connectivity index (χ1n) is 12.5. The minimum atomic E-state index is 0.0856. The minimum Gasteiger partial charge on any atom is -0.341 e. The Labute approximate surface area is 192 Å². The highest BCUT2D eigenvalue weighted by Crippen LogP contribution is 2.26. The van der Waals surface area contributed by atoms with Crippen molar-refractivity contribution in [3.05, 3.63) is 27.9 Å². The lowest BCUT2D eigenvalue weighted by Crippen LogP contribution is -2.52. The molecule has 1 unspecified atom stereocenters. The van der Waals surface area contributed by atoms with E-state index in [1.807, 2.05) is 9.47 Å². The Hall–Kier alpha value is -1.77. The zero-order chi connectivity index (χ0) is 22.5. The third kappa shape index (κ3) is 5.97. The predicted octanol–water partition coefficient (Wildman–Crippen LogP) is 0.855. The fourth-order valence-corrected chi connectivity index (χ4v) is 5.19. The summed E-state index contributed by atoms with van der Waals surface area (Å²) in [7, 11) is 4.22. The number of piperidine rings is 1. The number of rotatable bonds is 6. The van der Waals surface area contributed by atoms with Crippen LogP contribution in [0.15, 0.2) is 10.9 Å². The van der Waals surface area contributed by atoms with E-state index >= 15 is 0 Å². The molecule has 1 atom stereocenters. The number of hydrogen-bond acceptors (Lipinski definition) is 6. The number of likely N-dealkylation sites (N-methyl/N-ethyl adjacent to an activating group) is 1. The molecule has 0 aliphatic carbocycles. The largest absolute Gasteiger partial charge is 0.341 e. The lowest BCUT2D eigenvalue weighted by Gasteiger charge is -2.37. The first kappa shape index (κ1) is 23.4. The molecule has 3 aliphatic rings. The topological polar surface area (TPSA) is 64.9 Å². The first-order chi connectivity index (χ1) is 15.5. The van der Waals surface area contributed by atoms with Gasteiger partial charge in [-0.25, -0.2) is 4.98 Å². The summed E-state index contributed by atoms with van der Waals surface area (Å²) >= 11 is 0. The molecule has 0 bridgehead atoms. The lowest BCUT2D eigenvalue weighted by molar-refractivity contribution is -0.134. The molecular formula is C24H40N6O2. The van der Waals surface area contributed by atoms with Gasteiger partial charge in [-0.3, -0.25) is 24.0 Å². The third-order valence-electron chi connectivity index (χ3n) is 7.27. The van der Waals surface area contributed by atoms with E-state index in [2.05, 4.69) is 28.8 Å². The predicted molar refractivity (Wildman–Crippen MR) is 126 cm³/mol. The van der Waals surface area contributed by atoms with Gasteiger partial charge in [0.05, 0.1) is 12.2 Å². The van der Waals surface area contributed by atoms with Crippen LogP contribution in [0.5, 0.6) is 0 Å². The molecule has 1 amide bonds. The van der Waals surface area contributed by atoms with Gasteiger partial charge in [0.25, 0.3) is 5.56 Å². The molecule has 2 saturated heterocycles. The maximum Gasteiger partial charge on any atom is 0.253 e. The van der Waals surface area contributed by atoms with E-state index in [1.54, 1.807) is 6.07 Å². The number of fused-ring (bicyclic) bond motifs is 1. The fourth-order valence-electron chi connectivity index (χ4n) is 5.19. The van der Waals surface area contributed by atoms with E-state index in [9.17, 15) is 9.59 Å². The SMILES string of the molecule is CN(C)CCN1CCN(CC(=O)N2CCCC(c3cc(=O)n4c(n3)CCCCC4)C2)CC1. The summed E-state index contributed by atoms with van der Waals surface area (Å²) in [5.41, 5.74) is 0.984. The molecule has 8 nitrogen and oxygen atoms in total. The molecule has 4 rings (SSSR count). The molecule has 178 valence electrons. The Morgan fingerprint density at radius 2 is 1.81 bits per heavy atom. The normalized spacial score (nSPS) is 23.2. The second-order valence-electron chi connectivity index (χ2n) is 10.00. The molecule has 2 fully saturated rings. The number of likely N-dealkylation sites (tertiary alicyclic amines) is 1. The van der Waals surface area contributed by atoms with Crippen molar-refractivity contribution in [2.45, 2.75) is 51.0 Å². The van der Waals surface area contributed by atoms with Crippen molar-refractivity contribution >= 4 is 5.91 Å². The average Bonchev–Trinajstić information content (AvgIpc) is 3.04. The standard InChI is InChI=1S/C24H40N6O2/c1-26(2)11-12-27-13-15-28(16-14-27)19-24(32)29-9-6-7-20(18-29)21-17-23(31)30-10-5-3-4-8-22(30)25-21/h17,20H,3-16,18-19H2,1-2H3. The van der Waals surface area contributed by atoms with E-state index in [4.69, 9.17) is 4.98 Å². The molecule has 1 aromatic rings. The Morgan fingerprint density at radius 3 is 2.59 bits per heavy atom. The van der Waals surface area contributed by atoms with Gasteiger partial charge in [-0.2, -0.15) is 0 Å². The number of hydrogen-bond donors (Lipinski definition) is 0. The number of amides is 1. The lowest BCUT2D eigenvalue weighted by atomic mass is 9.94. The molecule has 0 aromatic carbocycles. The summed E-state index contributed by atoms with van der Waals surface area (Å²) < 4.78 is 1.86. The van der Waals surface area contributed by atoms with Crippen LogP contribution in [0.2, 0.25) is 0 Å². The molecule has 0 spiro atoms. The van der Waals surface area contributed by atoms with E-state index in [0.717, 1.165) is 102 Å². The highest BCUT2D eigenvalue weighted by atomic mass is 16.2. The van der Waals surface area contributed by atoms with Crippen LogP contribution in [0.25, 0.3) is 0 Å². The number of aryl methyl sites for hydroxylation is 1. The van der Waals surface area contributed by atoms with Gasteiger partial charge in [-0.1, -0.05) is 6.42 Å². The number of nitrogens with zero attached hydrogens (tertiary/aromatic N) is 6. The van der Waals surface area contributed by atoms with Gasteiger partial charge in [0.15, 0.2) is 0 Å². The number of carbonyl (C=O) groups is 1. The van der Waals surface area contributed by atoms with Gasteiger partial charge in [0, 0.05) is 77.3 Å². The average molecular weight is 445 g/mol. The Balaban J connectivity index is 1.31. The molecular weight excluding hydrogens is 404 g/mol. The van der Waals surface area contributed by atoms with Crippen molar-refractivity contribution in [3.63, 3.8) is 0 Å². The molecule has 3 aliphatic heterocycles. The van der Waals surface area contributed by atoms with Crippen LogP contribution in [-0.4, -0.2) is 108 Å². The van der Waals surface area contributed by atoms with Crippen LogP contribution in [0.3, 0.4) is 0 Å². The molecule has 0 saturated carbocycles. The van der Waals surface area contributed by atoms with Crippen LogP contribution in [0.4, 0.5) is 0 Å². The van der Waals surface area contributed by atoms with Crippen molar-refractivity contribution in [2.24, 2.45) is 0 Å². The fraction of sp³-hybridized carbons (Fsp3) is 0.792. The van der Waals surface area contributed by atoms with Crippen LogP contribution in [-0.2, 0) is 17.8 Å². The Morgan fingerprint density at radius 1 is 1.03 bits per heavy atom. The quantitative estimate of drug-likeness (QED) is 0.648. The summed E-state index contributed by atoms with van der Waals surface area (Å²) in [6.07, 6.45) is 6.20. The second-order valence-corrected chi connectivity index (χ2v) is 10.00. The molecule has 1 aromatic heterocycles. The monoisotopic (exact) mass is 444 g/mol. The van der Waals surface area contributed by atoms with Gasteiger partial charge in [-0.05, 0) is 39.8 Å². The summed E-state index contributed by atoms with van der Waals surface area (Å²) in [4.78, 5) is 39.7. The van der Waals surface area contributed by atoms with Gasteiger partial charge >= 0.3 is 0 Å². The van der Waals surface area contributed by atoms with Crippen molar-refractivity contribution < 1.29 is 4.79 Å². The molecule has 4 heterocycles. The second kappa shape index (κ2) is 10.9. The van der Waals surface area contributed by atoms with Crippen molar-refractivity contribution in [1.82, 2.24) is 29.2 Å². The summed E-state index contributed by atoms with van der Waals surface area (Å²) in [6, 6.07) is 1.74. The van der Waals surface area contributed by atoms with Crippen molar-refractivity contribution in [2.75, 3.05) is 73.0 Å². The van der Waals surface area contributed by atoms with Crippen molar-refractivity contribution in [1.29, 1.82) is 0 Å².